The number of hydrogen-bond acceptors (Lipinski definition) is 5. The molecule has 0 saturated carbocycles. The zero-order valence-electron chi connectivity index (χ0n) is 20.5. The Hall–Kier alpha value is -3.62. The first kappa shape index (κ1) is 26.0. The summed E-state index contributed by atoms with van der Waals surface area (Å²) < 4.78 is 24.9. The smallest absolute Gasteiger partial charge is 0.325 e. The lowest BCUT2D eigenvalue weighted by Gasteiger charge is -2.22. The van der Waals surface area contributed by atoms with Crippen molar-refractivity contribution in [3.63, 3.8) is 0 Å². The minimum atomic E-state index is -1.38. The van der Waals surface area contributed by atoms with Gasteiger partial charge in [0.25, 0.3) is 5.91 Å². The Morgan fingerprint density at radius 1 is 1.06 bits per heavy atom. The van der Waals surface area contributed by atoms with Crippen LogP contribution < -0.4 is 20.1 Å². The van der Waals surface area contributed by atoms with Gasteiger partial charge in [0.15, 0.2) is 11.5 Å². The zero-order chi connectivity index (χ0) is 25.6. The van der Waals surface area contributed by atoms with E-state index in [4.69, 9.17) is 9.47 Å². The molecule has 0 bridgehead atoms. The number of rotatable bonds is 11. The fourth-order valence-corrected chi connectivity index (χ4v) is 3.78. The molecule has 9 heteroatoms. The van der Waals surface area contributed by atoms with Crippen LogP contribution in [0.25, 0.3) is 0 Å². The molecule has 0 aromatic heterocycles. The minimum absolute atomic E-state index is 0.407. The topological polar surface area (TPSA) is 97.0 Å². The van der Waals surface area contributed by atoms with Crippen LogP contribution in [0.2, 0.25) is 0 Å². The van der Waals surface area contributed by atoms with E-state index in [2.05, 4.69) is 10.6 Å². The van der Waals surface area contributed by atoms with Crippen molar-refractivity contribution >= 4 is 17.8 Å². The maximum Gasteiger partial charge on any atom is 0.325 e. The number of hydrogen-bond donors (Lipinski definition) is 2. The number of carbonyl (C=O) groups excluding carboxylic acids is 3. The van der Waals surface area contributed by atoms with Gasteiger partial charge < -0.3 is 20.1 Å². The SMILES string of the molecule is CCCOc1ccc(C(C)NC(=O)CN2C(=O)NC(C)(c3ccc(F)cc3)C2=O)cc1OCCC. The van der Waals surface area contributed by atoms with Crippen LogP contribution in [0.5, 0.6) is 11.5 Å². The Balaban J connectivity index is 1.68. The van der Waals surface area contributed by atoms with Crippen molar-refractivity contribution in [3.8, 4) is 11.5 Å². The zero-order valence-corrected chi connectivity index (χ0v) is 20.5. The predicted molar refractivity (Wildman–Crippen MR) is 129 cm³/mol. The van der Waals surface area contributed by atoms with Crippen molar-refractivity contribution in [1.82, 2.24) is 15.5 Å². The van der Waals surface area contributed by atoms with E-state index in [1.54, 1.807) is 6.92 Å². The highest BCUT2D eigenvalue weighted by Gasteiger charge is 2.49. The van der Waals surface area contributed by atoms with Crippen LogP contribution in [0.3, 0.4) is 0 Å². The highest BCUT2D eigenvalue weighted by Crippen LogP contribution is 2.32. The van der Waals surface area contributed by atoms with Crippen molar-refractivity contribution < 1.29 is 28.2 Å². The number of amides is 4. The molecule has 2 aromatic rings. The number of nitrogens with one attached hydrogen (secondary N) is 2. The molecule has 2 unspecified atom stereocenters. The summed E-state index contributed by atoms with van der Waals surface area (Å²) in [6, 6.07) is 9.69. The Labute approximate surface area is 204 Å². The molecule has 8 nitrogen and oxygen atoms in total. The molecule has 2 N–H and O–H groups in total. The van der Waals surface area contributed by atoms with E-state index in [0.717, 1.165) is 23.3 Å². The van der Waals surface area contributed by atoms with Crippen LogP contribution in [0.4, 0.5) is 9.18 Å². The number of halogens is 1. The molecule has 1 aliphatic rings. The van der Waals surface area contributed by atoms with Gasteiger partial charge in [0.2, 0.25) is 5.91 Å². The lowest BCUT2D eigenvalue weighted by Crippen LogP contribution is -2.43. The molecule has 1 heterocycles. The molecule has 2 atom stereocenters. The number of benzene rings is 2. The number of carbonyl (C=O) groups is 3. The molecule has 1 fully saturated rings. The molecular weight excluding hydrogens is 453 g/mol. The Kier molecular flexibility index (Phi) is 8.32. The first-order chi connectivity index (χ1) is 16.7. The van der Waals surface area contributed by atoms with Gasteiger partial charge in [-0.3, -0.25) is 14.5 Å². The van der Waals surface area contributed by atoms with Crippen LogP contribution in [-0.4, -0.2) is 42.5 Å². The summed E-state index contributed by atoms with van der Waals surface area (Å²) in [6.07, 6.45) is 1.71. The van der Waals surface area contributed by atoms with Gasteiger partial charge >= 0.3 is 6.03 Å². The summed E-state index contributed by atoms with van der Waals surface area (Å²) in [5.74, 6) is -0.283. The standard InChI is InChI=1S/C26H32FN3O5/c1-5-13-34-21-12-7-18(15-22(21)35-14-6-2)17(3)28-23(31)16-30-24(32)26(4,29-25(30)33)19-8-10-20(27)11-9-19/h7-12,15,17H,5-6,13-14,16H2,1-4H3,(H,28,31)(H,29,33). The second kappa shape index (κ2) is 11.2. The van der Waals surface area contributed by atoms with Crippen molar-refractivity contribution in [2.45, 2.75) is 52.1 Å². The molecule has 0 radical (unpaired) electrons. The molecule has 1 aliphatic heterocycles. The molecule has 2 aromatic carbocycles. The van der Waals surface area contributed by atoms with Crippen LogP contribution in [0, 0.1) is 5.82 Å². The highest BCUT2D eigenvalue weighted by molar-refractivity contribution is 6.09. The maximum atomic E-state index is 13.3. The summed E-state index contributed by atoms with van der Waals surface area (Å²) in [6.45, 7) is 8.02. The summed E-state index contributed by atoms with van der Waals surface area (Å²) in [4.78, 5) is 39.1. The Morgan fingerprint density at radius 2 is 1.69 bits per heavy atom. The van der Waals surface area contributed by atoms with Gasteiger partial charge in [-0.1, -0.05) is 32.0 Å². The highest BCUT2D eigenvalue weighted by atomic mass is 19.1. The molecule has 4 amide bonds. The third kappa shape index (κ3) is 5.90. The normalized spacial score (nSPS) is 18.3. The Bertz CT molecular complexity index is 1080. The van der Waals surface area contributed by atoms with Gasteiger partial charge in [-0.25, -0.2) is 9.18 Å². The van der Waals surface area contributed by atoms with E-state index < -0.39 is 41.8 Å². The van der Waals surface area contributed by atoms with Gasteiger partial charge in [-0.15, -0.1) is 0 Å². The fraction of sp³-hybridized carbons (Fsp3) is 0.423. The van der Waals surface area contributed by atoms with E-state index in [0.29, 0.717) is 30.3 Å². The second-order valence-corrected chi connectivity index (χ2v) is 8.65. The van der Waals surface area contributed by atoms with Gasteiger partial charge in [-0.05, 0) is 62.1 Å². The van der Waals surface area contributed by atoms with Crippen molar-refractivity contribution in [3.05, 3.63) is 59.4 Å². The van der Waals surface area contributed by atoms with Gasteiger partial charge in [0, 0.05) is 0 Å². The third-order valence-corrected chi connectivity index (χ3v) is 5.77. The third-order valence-electron chi connectivity index (χ3n) is 5.77. The van der Waals surface area contributed by atoms with Crippen molar-refractivity contribution in [2.24, 2.45) is 0 Å². The number of ether oxygens (including phenoxy) is 2. The number of nitrogens with zero attached hydrogens (tertiary/aromatic N) is 1. The van der Waals surface area contributed by atoms with E-state index in [9.17, 15) is 18.8 Å². The van der Waals surface area contributed by atoms with Crippen molar-refractivity contribution in [2.75, 3.05) is 19.8 Å². The van der Waals surface area contributed by atoms with E-state index in [1.807, 2.05) is 32.0 Å². The minimum Gasteiger partial charge on any atom is -0.490 e. The predicted octanol–water partition coefficient (Wildman–Crippen LogP) is 4.05. The van der Waals surface area contributed by atoms with Crippen molar-refractivity contribution in [1.29, 1.82) is 0 Å². The maximum absolute atomic E-state index is 13.3. The summed E-state index contributed by atoms with van der Waals surface area (Å²) in [5, 5.41) is 5.44. The number of imide groups is 1. The average Bonchev–Trinajstić information content (AvgIpc) is 3.05. The van der Waals surface area contributed by atoms with Gasteiger partial charge in [0.1, 0.15) is 17.9 Å². The number of urea groups is 1. The van der Waals surface area contributed by atoms with Crippen LogP contribution in [0.1, 0.15) is 57.7 Å². The van der Waals surface area contributed by atoms with E-state index in [-0.39, 0.29) is 0 Å². The molecule has 0 aliphatic carbocycles. The largest absolute Gasteiger partial charge is 0.490 e. The molecule has 0 spiro atoms. The van der Waals surface area contributed by atoms with Crippen LogP contribution in [0.15, 0.2) is 42.5 Å². The molecule has 3 rings (SSSR count). The van der Waals surface area contributed by atoms with Crippen LogP contribution >= 0.6 is 0 Å². The van der Waals surface area contributed by atoms with Gasteiger partial charge in [-0.2, -0.15) is 0 Å². The summed E-state index contributed by atoms with van der Waals surface area (Å²) >= 11 is 0. The monoisotopic (exact) mass is 485 g/mol. The van der Waals surface area contributed by atoms with Crippen LogP contribution in [-0.2, 0) is 15.1 Å². The summed E-state index contributed by atoms with van der Waals surface area (Å²) in [7, 11) is 0. The lowest BCUT2D eigenvalue weighted by atomic mass is 9.92. The Morgan fingerprint density at radius 3 is 2.31 bits per heavy atom. The molecule has 35 heavy (non-hydrogen) atoms. The quantitative estimate of drug-likeness (QED) is 0.468. The molecule has 188 valence electrons. The van der Waals surface area contributed by atoms with Gasteiger partial charge in [0.05, 0.1) is 19.3 Å². The first-order valence-electron chi connectivity index (χ1n) is 11.8. The first-order valence-corrected chi connectivity index (χ1v) is 11.8. The van der Waals surface area contributed by atoms with E-state index >= 15 is 0 Å². The fourth-order valence-electron chi connectivity index (χ4n) is 3.78. The second-order valence-electron chi connectivity index (χ2n) is 8.65. The molecule has 1 saturated heterocycles. The average molecular weight is 486 g/mol. The molecular formula is C26H32FN3O5. The lowest BCUT2D eigenvalue weighted by molar-refractivity contribution is -0.135. The van der Waals surface area contributed by atoms with E-state index in [1.165, 1.54) is 31.2 Å². The summed E-state index contributed by atoms with van der Waals surface area (Å²) in [5.41, 5.74) is -0.156.